The first-order valence-electron chi connectivity index (χ1n) is 9.32. The lowest BCUT2D eigenvalue weighted by molar-refractivity contribution is 0.207. The number of aliphatic hydroxyl groups is 1. The van der Waals surface area contributed by atoms with Crippen LogP contribution in [0.3, 0.4) is 0 Å². The van der Waals surface area contributed by atoms with Gasteiger partial charge in [0, 0.05) is 35.6 Å². The van der Waals surface area contributed by atoms with Crippen LogP contribution >= 0.6 is 0 Å². The number of rotatable bonds is 7. The lowest BCUT2D eigenvalue weighted by Crippen LogP contribution is -2.12. The number of anilines is 3. The predicted octanol–water partition coefficient (Wildman–Crippen LogP) is 4.27. The molecule has 0 aliphatic carbocycles. The minimum Gasteiger partial charge on any atom is -0.492 e. The van der Waals surface area contributed by atoms with Crippen molar-refractivity contribution in [2.45, 2.75) is 13.2 Å². The number of hydrogen-bond acceptors (Lipinski definition) is 7. The molecule has 0 bridgehead atoms. The minimum atomic E-state index is -0.956. The van der Waals surface area contributed by atoms with E-state index in [1.165, 1.54) is 0 Å². The molecule has 7 nitrogen and oxygen atoms in total. The molecule has 146 valence electrons. The van der Waals surface area contributed by atoms with Crippen LogP contribution in [0.15, 0.2) is 73.3 Å². The van der Waals surface area contributed by atoms with Gasteiger partial charge in [-0.25, -0.2) is 9.97 Å². The fraction of sp³-hybridized carbons (Fsp3) is 0.136. The molecule has 1 atom stereocenters. The molecule has 4 aromatic rings. The van der Waals surface area contributed by atoms with Gasteiger partial charge in [-0.15, -0.1) is 0 Å². The fourth-order valence-electron chi connectivity index (χ4n) is 3.03. The molecule has 3 N–H and O–H groups in total. The Labute approximate surface area is 168 Å². The van der Waals surface area contributed by atoms with Crippen LogP contribution < -0.4 is 15.4 Å². The van der Waals surface area contributed by atoms with E-state index >= 15 is 0 Å². The topological polar surface area (TPSA) is 92.2 Å². The van der Waals surface area contributed by atoms with Crippen LogP contribution in [0.1, 0.15) is 18.7 Å². The highest BCUT2D eigenvalue weighted by atomic mass is 16.5. The standard InChI is InChI=1S/C22H21N5O2/c1-2-29-19-9-10-23-14-18(19)26-22(28)16-8-11-24-20(13-16)27-21-17-6-4-3-5-15(17)7-12-25-21/h3-14,22,26,28H,2H2,1H3,(H,24,25,27). The Morgan fingerprint density at radius 2 is 1.90 bits per heavy atom. The van der Waals surface area contributed by atoms with Gasteiger partial charge in [-0.2, -0.15) is 0 Å². The molecular formula is C22H21N5O2. The summed E-state index contributed by atoms with van der Waals surface area (Å²) in [7, 11) is 0. The van der Waals surface area contributed by atoms with Crippen LogP contribution in [-0.4, -0.2) is 26.7 Å². The second-order valence-corrected chi connectivity index (χ2v) is 6.33. The SMILES string of the molecule is CCOc1ccncc1NC(O)c1ccnc(Nc2nccc3ccccc23)c1. The highest BCUT2D eigenvalue weighted by Crippen LogP contribution is 2.28. The second kappa shape index (κ2) is 8.53. The molecule has 1 unspecified atom stereocenters. The van der Waals surface area contributed by atoms with Crippen LogP contribution in [0.25, 0.3) is 10.8 Å². The van der Waals surface area contributed by atoms with E-state index in [9.17, 15) is 5.11 Å². The van der Waals surface area contributed by atoms with E-state index in [0.29, 0.717) is 35.2 Å². The first-order chi connectivity index (χ1) is 14.2. The Kier molecular flexibility index (Phi) is 5.49. The van der Waals surface area contributed by atoms with Gasteiger partial charge in [-0.3, -0.25) is 4.98 Å². The number of nitrogens with one attached hydrogen (secondary N) is 2. The summed E-state index contributed by atoms with van der Waals surface area (Å²) in [5.41, 5.74) is 1.26. The van der Waals surface area contributed by atoms with Gasteiger partial charge in [-0.05, 0) is 30.5 Å². The molecule has 1 aromatic carbocycles. The number of aliphatic hydroxyl groups excluding tert-OH is 1. The molecular weight excluding hydrogens is 366 g/mol. The Morgan fingerprint density at radius 3 is 2.79 bits per heavy atom. The van der Waals surface area contributed by atoms with Crippen molar-refractivity contribution in [2.75, 3.05) is 17.2 Å². The van der Waals surface area contributed by atoms with E-state index in [2.05, 4.69) is 25.6 Å². The first-order valence-corrected chi connectivity index (χ1v) is 9.32. The van der Waals surface area contributed by atoms with Crippen molar-refractivity contribution < 1.29 is 9.84 Å². The van der Waals surface area contributed by atoms with Crippen LogP contribution in [0.4, 0.5) is 17.3 Å². The smallest absolute Gasteiger partial charge is 0.151 e. The zero-order valence-corrected chi connectivity index (χ0v) is 15.9. The molecule has 0 aliphatic heterocycles. The highest BCUT2D eigenvalue weighted by Gasteiger charge is 2.12. The molecule has 0 amide bonds. The Balaban J connectivity index is 1.56. The third-order valence-electron chi connectivity index (χ3n) is 4.39. The molecule has 0 aliphatic rings. The van der Waals surface area contributed by atoms with E-state index < -0.39 is 6.23 Å². The summed E-state index contributed by atoms with van der Waals surface area (Å²) in [5.74, 6) is 1.93. The molecule has 0 fully saturated rings. The van der Waals surface area contributed by atoms with Gasteiger partial charge in [0.25, 0.3) is 0 Å². The van der Waals surface area contributed by atoms with Gasteiger partial charge in [0.2, 0.25) is 0 Å². The van der Waals surface area contributed by atoms with Gasteiger partial charge in [0.1, 0.15) is 17.4 Å². The van der Waals surface area contributed by atoms with E-state index in [0.717, 1.165) is 10.8 Å². The van der Waals surface area contributed by atoms with Crippen molar-refractivity contribution in [1.82, 2.24) is 15.0 Å². The number of ether oxygens (including phenoxy) is 1. The van der Waals surface area contributed by atoms with E-state index in [-0.39, 0.29) is 0 Å². The predicted molar refractivity (Wildman–Crippen MR) is 113 cm³/mol. The lowest BCUT2D eigenvalue weighted by atomic mass is 10.1. The van der Waals surface area contributed by atoms with Crippen molar-refractivity contribution in [1.29, 1.82) is 0 Å². The summed E-state index contributed by atoms with van der Waals surface area (Å²) in [6.07, 6.45) is 5.70. The number of pyridine rings is 3. The third-order valence-corrected chi connectivity index (χ3v) is 4.39. The second-order valence-electron chi connectivity index (χ2n) is 6.33. The van der Waals surface area contributed by atoms with Crippen LogP contribution in [0, 0.1) is 0 Å². The summed E-state index contributed by atoms with van der Waals surface area (Å²) >= 11 is 0. The van der Waals surface area contributed by atoms with Gasteiger partial charge in [0.05, 0.1) is 18.5 Å². The maximum Gasteiger partial charge on any atom is 0.151 e. The molecule has 0 saturated carbocycles. The van der Waals surface area contributed by atoms with Crippen molar-refractivity contribution in [3.8, 4) is 5.75 Å². The quantitative estimate of drug-likeness (QED) is 0.408. The molecule has 0 saturated heterocycles. The molecule has 7 heteroatoms. The number of nitrogens with zero attached hydrogens (tertiary/aromatic N) is 3. The molecule has 3 heterocycles. The van der Waals surface area contributed by atoms with Crippen LogP contribution in [0.5, 0.6) is 5.75 Å². The minimum absolute atomic E-state index is 0.524. The number of benzene rings is 1. The Morgan fingerprint density at radius 1 is 1.03 bits per heavy atom. The zero-order valence-electron chi connectivity index (χ0n) is 15.9. The third kappa shape index (κ3) is 4.25. The van der Waals surface area contributed by atoms with E-state index in [4.69, 9.17) is 4.74 Å². The number of aromatic nitrogens is 3. The van der Waals surface area contributed by atoms with Crippen LogP contribution in [0.2, 0.25) is 0 Å². The molecule has 3 aromatic heterocycles. The maximum absolute atomic E-state index is 10.7. The zero-order chi connectivity index (χ0) is 20.1. The fourth-order valence-corrected chi connectivity index (χ4v) is 3.03. The molecule has 0 spiro atoms. The normalized spacial score (nSPS) is 11.8. The summed E-state index contributed by atoms with van der Waals surface area (Å²) in [6, 6.07) is 15.2. The maximum atomic E-state index is 10.7. The van der Waals surface area contributed by atoms with Crippen molar-refractivity contribution in [2.24, 2.45) is 0 Å². The summed E-state index contributed by atoms with van der Waals surface area (Å²) in [6.45, 7) is 2.43. The van der Waals surface area contributed by atoms with Crippen molar-refractivity contribution in [3.63, 3.8) is 0 Å². The van der Waals surface area contributed by atoms with Gasteiger partial charge < -0.3 is 20.5 Å². The Hall–Kier alpha value is -3.71. The van der Waals surface area contributed by atoms with E-state index in [1.807, 2.05) is 37.3 Å². The molecule has 4 rings (SSSR count). The first kappa shape index (κ1) is 18.6. The highest BCUT2D eigenvalue weighted by molar-refractivity contribution is 5.92. The number of hydrogen-bond donors (Lipinski definition) is 3. The Bertz CT molecular complexity index is 1110. The van der Waals surface area contributed by atoms with Gasteiger partial charge in [0.15, 0.2) is 6.23 Å². The van der Waals surface area contributed by atoms with Gasteiger partial charge in [-0.1, -0.05) is 24.3 Å². The van der Waals surface area contributed by atoms with Crippen LogP contribution in [-0.2, 0) is 0 Å². The summed E-state index contributed by atoms with van der Waals surface area (Å²) < 4.78 is 5.57. The number of fused-ring (bicyclic) bond motifs is 1. The lowest BCUT2D eigenvalue weighted by Gasteiger charge is -2.17. The average Bonchev–Trinajstić information content (AvgIpc) is 2.76. The largest absolute Gasteiger partial charge is 0.492 e. The van der Waals surface area contributed by atoms with Crippen molar-refractivity contribution in [3.05, 3.63) is 78.9 Å². The summed E-state index contributed by atoms with van der Waals surface area (Å²) in [5, 5.41) is 19.0. The molecule has 0 radical (unpaired) electrons. The van der Waals surface area contributed by atoms with Crippen molar-refractivity contribution >= 4 is 28.1 Å². The summed E-state index contributed by atoms with van der Waals surface area (Å²) in [4.78, 5) is 12.9. The van der Waals surface area contributed by atoms with E-state index in [1.54, 1.807) is 43.0 Å². The van der Waals surface area contributed by atoms with Gasteiger partial charge >= 0.3 is 0 Å². The monoisotopic (exact) mass is 387 g/mol. The average molecular weight is 387 g/mol. The molecule has 29 heavy (non-hydrogen) atoms.